The largest absolute Gasteiger partial charge is 0.391 e. The fraction of sp³-hybridized carbons (Fsp3) is 0.467. The monoisotopic (exact) mass is 292 g/mol. The zero-order valence-electron chi connectivity index (χ0n) is 12.5. The summed E-state index contributed by atoms with van der Waals surface area (Å²) in [7, 11) is 0. The molecule has 6 heteroatoms. The van der Waals surface area contributed by atoms with Gasteiger partial charge in [0.2, 0.25) is 5.91 Å². The van der Waals surface area contributed by atoms with Gasteiger partial charge in [-0.3, -0.25) is 14.6 Å². The Kier molecular flexibility index (Phi) is 6.81. The Morgan fingerprint density at radius 1 is 1.38 bits per heavy atom. The van der Waals surface area contributed by atoms with Crippen molar-refractivity contribution < 1.29 is 14.7 Å². The molecule has 2 atom stereocenters. The molecule has 1 radical (unpaired) electrons. The molecule has 21 heavy (non-hydrogen) atoms. The Labute approximate surface area is 125 Å². The number of carbonyl (C=O) groups excluding carboxylic acids is 2. The van der Waals surface area contributed by atoms with E-state index in [1.807, 2.05) is 13.8 Å². The number of aliphatic hydroxyl groups is 1. The minimum absolute atomic E-state index is 0.335. The molecule has 0 spiro atoms. The van der Waals surface area contributed by atoms with Gasteiger partial charge in [-0.1, -0.05) is 13.8 Å². The van der Waals surface area contributed by atoms with Crippen LogP contribution in [-0.2, 0) is 4.79 Å². The lowest BCUT2D eigenvalue weighted by molar-refractivity contribution is -0.124. The molecule has 0 fully saturated rings. The second-order valence-corrected chi connectivity index (χ2v) is 5.28. The summed E-state index contributed by atoms with van der Waals surface area (Å²) in [5.41, 5.74) is 0.335. The van der Waals surface area contributed by atoms with Crippen LogP contribution in [0.4, 0.5) is 0 Å². The van der Waals surface area contributed by atoms with Crippen molar-refractivity contribution in [2.24, 2.45) is 5.92 Å². The Hall–Kier alpha value is -1.95. The second-order valence-electron chi connectivity index (χ2n) is 5.28. The maximum atomic E-state index is 12.0. The van der Waals surface area contributed by atoms with Gasteiger partial charge in [-0.2, -0.15) is 0 Å². The first-order valence-electron chi connectivity index (χ1n) is 6.92. The lowest BCUT2D eigenvalue weighted by Gasteiger charge is -2.21. The zero-order valence-corrected chi connectivity index (χ0v) is 12.5. The number of amides is 2. The molecule has 2 amide bonds. The van der Waals surface area contributed by atoms with Gasteiger partial charge in [0, 0.05) is 18.9 Å². The molecule has 0 aromatic carbocycles. The van der Waals surface area contributed by atoms with Crippen molar-refractivity contribution in [1.82, 2.24) is 15.6 Å². The van der Waals surface area contributed by atoms with E-state index in [-0.39, 0.29) is 0 Å². The minimum atomic E-state index is -1.01. The van der Waals surface area contributed by atoms with Crippen molar-refractivity contribution in [1.29, 1.82) is 0 Å². The number of pyridine rings is 1. The lowest BCUT2D eigenvalue weighted by Crippen LogP contribution is -2.52. The standard InChI is InChI=1S/C15H22N3O3/c1-10(2)6-8-17-15(21)13(11(3)19)18-14(20)12-5-4-7-16-9-12/h4-5,7-11,13,19H,6H2,1-3H3,(H,17,21)(H,18,20)/t11-,13+/m1/s1. The van der Waals surface area contributed by atoms with Crippen LogP contribution in [0.25, 0.3) is 0 Å². The molecule has 0 aliphatic rings. The molecule has 115 valence electrons. The van der Waals surface area contributed by atoms with Gasteiger partial charge in [0.05, 0.1) is 11.7 Å². The molecule has 0 saturated carbocycles. The first-order chi connectivity index (χ1) is 9.91. The van der Waals surface area contributed by atoms with E-state index in [1.54, 1.807) is 24.9 Å². The SMILES string of the molecule is CC(C)C[CH]NC(=O)[C@@H](NC(=O)c1cccnc1)[C@@H](C)O. The van der Waals surface area contributed by atoms with Crippen molar-refractivity contribution in [3.8, 4) is 0 Å². The molecule has 3 N–H and O–H groups in total. The Balaban J connectivity index is 2.61. The highest BCUT2D eigenvalue weighted by molar-refractivity contribution is 5.97. The van der Waals surface area contributed by atoms with Crippen molar-refractivity contribution in [2.45, 2.75) is 39.3 Å². The first kappa shape index (κ1) is 17.1. The van der Waals surface area contributed by atoms with Crippen LogP contribution in [-0.4, -0.2) is 34.1 Å². The quantitative estimate of drug-likeness (QED) is 0.696. The molecule has 1 aromatic heterocycles. The molecule has 1 heterocycles. The molecule has 0 unspecified atom stereocenters. The number of aliphatic hydroxyl groups excluding tert-OH is 1. The van der Waals surface area contributed by atoms with E-state index >= 15 is 0 Å². The van der Waals surface area contributed by atoms with Crippen LogP contribution in [0.5, 0.6) is 0 Å². The van der Waals surface area contributed by atoms with Gasteiger partial charge >= 0.3 is 0 Å². The maximum Gasteiger partial charge on any atom is 0.253 e. The summed E-state index contributed by atoms with van der Waals surface area (Å²) in [5.74, 6) is -0.476. The van der Waals surface area contributed by atoms with E-state index in [4.69, 9.17) is 0 Å². The molecular weight excluding hydrogens is 270 g/mol. The first-order valence-corrected chi connectivity index (χ1v) is 6.92. The lowest BCUT2D eigenvalue weighted by atomic mass is 10.1. The summed E-state index contributed by atoms with van der Waals surface area (Å²) in [6, 6.07) is 2.20. The fourth-order valence-electron chi connectivity index (χ4n) is 1.61. The smallest absolute Gasteiger partial charge is 0.253 e. The van der Waals surface area contributed by atoms with Crippen LogP contribution >= 0.6 is 0 Å². The van der Waals surface area contributed by atoms with E-state index in [0.29, 0.717) is 11.5 Å². The van der Waals surface area contributed by atoms with Crippen molar-refractivity contribution in [2.75, 3.05) is 0 Å². The van der Waals surface area contributed by atoms with Crippen LogP contribution in [0.1, 0.15) is 37.6 Å². The average Bonchev–Trinajstić information content (AvgIpc) is 2.44. The van der Waals surface area contributed by atoms with Crippen LogP contribution in [0.3, 0.4) is 0 Å². The van der Waals surface area contributed by atoms with Crippen LogP contribution in [0.2, 0.25) is 0 Å². The molecule has 6 nitrogen and oxygen atoms in total. The van der Waals surface area contributed by atoms with Gasteiger partial charge in [-0.05, 0) is 31.4 Å². The highest BCUT2D eigenvalue weighted by atomic mass is 16.3. The zero-order chi connectivity index (χ0) is 15.8. The van der Waals surface area contributed by atoms with E-state index in [2.05, 4.69) is 15.6 Å². The molecule has 0 saturated heterocycles. The second kappa shape index (κ2) is 8.36. The summed E-state index contributed by atoms with van der Waals surface area (Å²) >= 11 is 0. The summed E-state index contributed by atoms with van der Waals surface area (Å²) in [5, 5.41) is 14.8. The van der Waals surface area contributed by atoms with Gasteiger partial charge in [0.25, 0.3) is 5.91 Å². The molecule has 0 aliphatic heterocycles. The number of aromatic nitrogens is 1. The van der Waals surface area contributed by atoms with Crippen molar-refractivity contribution in [3.05, 3.63) is 36.6 Å². The third-order valence-corrected chi connectivity index (χ3v) is 2.81. The normalized spacial score (nSPS) is 13.6. The summed E-state index contributed by atoms with van der Waals surface area (Å²) < 4.78 is 0. The topological polar surface area (TPSA) is 91.3 Å². The predicted molar refractivity (Wildman–Crippen MR) is 79.1 cm³/mol. The number of hydrogen-bond acceptors (Lipinski definition) is 4. The molecule has 0 bridgehead atoms. The highest BCUT2D eigenvalue weighted by Gasteiger charge is 2.25. The van der Waals surface area contributed by atoms with Gasteiger partial charge in [0.1, 0.15) is 6.04 Å². The number of rotatable bonds is 7. The Morgan fingerprint density at radius 2 is 2.10 bits per heavy atom. The van der Waals surface area contributed by atoms with Gasteiger partial charge in [0.15, 0.2) is 0 Å². The average molecular weight is 292 g/mol. The van der Waals surface area contributed by atoms with Gasteiger partial charge in [-0.25, -0.2) is 0 Å². The van der Waals surface area contributed by atoms with Crippen LogP contribution < -0.4 is 10.6 Å². The molecular formula is C15H22N3O3. The molecule has 1 rings (SSSR count). The van der Waals surface area contributed by atoms with E-state index in [1.165, 1.54) is 13.1 Å². The van der Waals surface area contributed by atoms with Crippen LogP contribution in [0, 0.1) is 12.5 Å². The van der Waals surface area contributed by atoms with Gasteiger partial charge < -0.3 is 15.7 Å². The third-order valence-electron chi connectivity index (χ3n) is 2.81. The number of carbonyl (C=O) groups is 2. The van der Waals surface area contributed by atoms with Crippen molar-refractivity contribution >= 4 is 11.8 Å². The third kappa shape index (κ3) is 5.91. The van der Waals surface area contributed by atoms with Crippen molar-refractivity contribution in [3.63, 3.8) is 0 Å². The van der Waals surface area contributed by atoms with E-state index in [0.717, 1.165) is 6.42 Å². The predicted octanol–water partition coefficient (Wildman–Crippen LogP) is 0.885. The van der Waals surface area contributed by atoms with E-state index in [9.17, 15) is 14.7 Å². The molecule has 1 aromatic rings. The Morgan fingerprint density at radius 3 is 2.62 bits per heavy atom. The Bertz CT molecular complexity index is 460. The number of nitrogens with one attached hydrogen (secondary N) is 2. The summed E-state index contributed by atoms with van der Waals surface area (Å²) in [6.45, 7) is 7.15. The van der Waals surface area contributed by atoms with Gasteiger partial charge in [-0.15, -0.1) is 0 Å². The van der Waals surface area contributed by atoms with Crippen LogP contribution in [0.15, 0.2) is 24.5 Å². The fourth-order valence-corrected chi connectivity index (χ4v) is 1.61. The summed E-state index contributed by atoms with van der Waals surface area (Å²) in [6.07, 6.45) is 2.67. The maximum absolute atomic E-state index is 12.0. The highest BCUT2D eigenvalue weighted by Crippen LogP contribution is 2.03. The number of nitrogens with zero attached hydrogens (tertiary/aromatic N) is 1. The molecule has 0 aliphatic carbocycles. The summed E-state index contributed by atoms with van der Waals surface area (Å²) in [4.78, 5) is 27.8. The number of hydrogen-bond donors (Lipinski definition) is 3. The minimum Gasteiger partial charge on any atom is -0.391 e. The van der Waals surface area contributed by atoms with E-state index < -0.39 is 24.0 Å².